The van der Waals surface area contributed by atoms with E-state index in [1.807, 2.05) is 6.92 Å². The Morgan fingerprint density at radius 3 is 2.44 bits per heavy atom. The van der Waals surface area contributed by atoms with Crippen LogP contribution in [0.1, 0.15) is 15.9 Å². The van der Waals surface area contributed by atoms with Crippen molar-refractivity contribution in [3.8, 4) is 0 Å². The molecular weight excluding hydrogens is 344 g/mol. The van der Waals surface area contributed by atoms with E-state index in [-0.39, 0.29) is 29.3 Å². The smallest absolute Gasteiger partial charge is 0.337 e. The second-order valence-corrected chi connectivity index (χ2v) is 6.98. The van der Waals surface area contributed by atoms with Gasteiger partial charge in [-0.1, -0.05) is 17.7 Å². The number of benzene rings is 2. The maximum Gasteiger partial charge on any atom is 0.337 e. The number of ether oxygens (including phenoxy) is 1. The fraction of sp³-hybridized carbons (Fsp3) is 0.235. The highest BCUT2D eigenvalue weighted by Gasteiger charge is 2.21. The minimum atomic E-state index is -3.95. The summed E-state index contributed by atoms with van der Waals surface area (Å²) in [5, 5.41) is 11.8. The molecule has 2 aromatic carbocycles. The van der Waals surface area contributed by atoms with Gasteiger partial charge in [-0.3, -0.25) is 4.72 Å². The molecule has 0 aliphatic rings. The summed E-state index contributed by atoms with van der Waals surface area (Å²) in [6, 6.07) is 11.0. The Bertz CT molecular complexity index is 848. The first kappa shape index (κ1) is 18.8. The molecule has 0 radical (unpaired) electrons. The minimum absolute atomic E-state index is 0.107. The van der Waals surface area contributed by atoms with Crippen molar-refractivity contribution in [2.75, 3.05) is 30.3 Å². The van der Waals surface area contributed by atoms with E-state index in [9.17, 15) is 13.2 Å². The van der Waals surface area contributed by atoms with E-state index in [0.29, 0.717) is 5.69 Å². The normalized spacial score (nSPS) is 11.0. The highest BCUT2D eigenvalue weighted by molar-refractivity contribution is 7.92. The van der Waals surface area contributed by atoms with E-state index in [0.717, 1.165) is 5.56 Å². The number of aliphatic hydroxyl groups is 1. The Labute approximate surface area is 146 Å². The quantitative estimate of drug-likeness (QED) is 0.649. The zero-order valence-corrected chi connectivity index (χ0v) is 14.8. The molecule has 2 aromatic rings. The number of rotatable bonds is 7. The third-order valence-electron chi connectivity index (χ3n) is 3.42. The Hall–Kier alpha value is -2.58. The second kappa shape index (κ2) is 8.00. The van der Waals surface area contributed by atoms with Gasteiger partial charge in [0.2, 0.25) is 0 Å². The van der Waals surface area contributed by atoms with E-state index in [4.69, 9.17) is 5.11 Å². The molecule has 0 spiro atoms. The zero-order valence-electron chi connectivity index (χ0n) is 13.9. The molecule has 7 nitrogen and oxygen atoms in total. The van der Waals surface area contributed by atoms with Crippen molar-refractivity contribution in [1.82, 2.24) is 0 Å². The van der Waals surface area contributed by atoms with Crippen LogP contribution in [0.5, 0.6) is 0 Å². The molecular formula is C17H20N2O5S. The Kier molecular flexibility index (Phi) is 6.00. The van der Waals surface area contributed by atoms with Crippen molar-refractivity contribution in [3.05, 3.63) is 53.6 Å². The van der Waals surface area contributed by atoms with Gasteiger partial charge in [-0.2, -0.15) is 0 Å². The van der Waals surface area contributed by atoms with Crippen molar-refractivity contribution in [1.29, 1.82) is 0 Å². The summed E-state index contributed by atoms with van der Waals surface area (Å²) >= 11 is 0. The molecule has 0 amide bonds. The van der Waals surface area contributed by atoms with E-state index in [2.05, 4.69) is 14.8 Å². The van der Waals surface area contributed by atoms with E-state index >= 15 is 0 Å². The van der Waals surface area contributed by atoms with E-state index in [1.165, 1.54) is 25.3 Å². The summed E-state index contributed by atoms with van der Waals surface area (Å²) in [7, 11) is -2.73. The number of carbonyl (C=O) groups excluding carboxylic acids is 1. The van der Waals surface area contributed by atoms with Crippen LogP contribution in [0.25, 0.3) is 0 Å². The average molecular weight is 364 g/mol. The number of anilines is 2. The molecule has 0 saturated carbocycles. The van der Waals surface area contributed by atoms with E-state index < -0.39 is 16.0 Å². The number of sulfonamides is 1. The van der Waals surface area contributed by atoms with Crippen LogP contribution in [-0.2, 0) is 14.8 Å². The third kappa shape index (κ3) is 4.71. The Morgan fingerprint density at radius 2 is 1.84 bits per heavy atom. The lowest BCUT2D eigenvalue weighted by Gasteiger charge is -2.14. The van der Waals surface area contributed by atoms with Crippen molar-refractivity contribution >= 4 is 27.4 Å². The van der Waals surface area contributed by atoms with E-state index in [1.54, 1.807) is 24.3 Å². The van der Waals surface area contributed by atoms with Crippen LogP contribution in [0.15, 0.2) is 47.4 Å². The summed E-state index contributed by atoms with van der Waals surface area (Å²) in [6.07, 6.45) is 0. The van der Waals surface area contributed by atoms with Crippen LogP contribution >= 0.6 is 0 Å². The third-order valence-corrected chi connectivity index (χ3v) is 4.84. The molecule has 0 atom stereocenters. The molecule has 0 aromatic heterocycles. The van der Waals surface area contributed by atoms with Gasteiger partial charge >= 0.3 is 5.97 Å². The van der Waals surface area contributed by atoms with Crippen molar-refractivity contribution in [2.24, 2.45) is 0 Å². The van der Waals surface area contributed by atoms with Crippen LogP contribution < -0.4 is 10.0 Å². The van der Waals surface area contributed by atoms with Gasteiger partial charge in [0.15, 0.2) is 0 Å². The predicted octanol–water partition coefficient (Wildman–Crippen LogP) is 1.99. The summed E-state index contributed by atoms with van der Waals surface area (Å²) < 4.78 is 32.7. The minimum Gasteiger partial charge on any atom is -0.465 e. The largest absolute Gasteiger partial charge is 0.465 e. The molecule has 0 aliphatic heterocycles. The molecule has 0 aliphatic carbocycles. The first-order valence-electron chi connectivity index (χ1n) is 7.54. The molecule has 0 saturated heterocycles. The molecule has 8 heteroatoms. The van der Waals surface area contributed by atoms with Gasteiger partial charge in [0.1, 0.15) is 4.90 Å². The SMILES string of the molecule is COC(=O)c1ccc(NCCO)c(S(=O)(=O)Nc2ccc(C)cc2)c1. The van der Waals surface area contributed by atoms with Crippen molar-refractivity contribution in [3.63, 3.8) is 0 Å². The van der Waals surface area contributed by atoms with Gasteiger partial charge < -0.3 is 15.2 Å². The fourth-order valence-corrected chi connectivity index (χ4v) is 3.43. The Morgan fingerprint density at radius 1 is 1.16 bits per heavy atom. The second-order valence-electron chi connectivity index (χ2n) is 5.32. The predicted molar refractivity (Wildman–Crippen MR) is 95.3 cm³/mol. The van der Waals surface area contributed by atoms with Crippen molar-refractivity contribution in [2.45, 2.75) is 11.8 Å². The first-order chi connectivity index (χ1) is 11.9. The fourth-order valence-electron chi connectivity index (χ4n) is 2.16. The molecule has 3 N–H and O–H groups in total. The first-order valence-corrected chi connectivity index (χ1v) is 9.02. The maximum absolute atomic E-state index is 12.8. The van der Waals surface area contributed by atoms with Gasteiger partial charge in [0.25, 0.3) is 10.0 Å². The number of esters is 1. The standard InChI is InChI=1S/C17H20N2O5S/c1-12-3-6-14(7-4-12)19-25(22,23)16-11-13(17(21)24-2)5-8-15(16)18-9-10-20/h3-8,11,18-20H,9-10H2,1-2H3. The number of aliphatic hydroxyl groups excluding tert-OH is 1. The lowest BCUT2D eigenvalue weighted by atomic mass is 10.2. The van der Waals surface area contributed by atoms with Crippen LogP contribution in [0.2, 0.25) is 0 Å². The lowest BCUT2D eigenvalue weighted by molar-refractivity contribution is 0.0600. The molecule has 0 fully saturated rings. The van der Waals surface area contributed by atoms with Crippen LogP contribution in [-0.4, -0.2) is 39.8 Å². The zero-order chi connectivity index (χ0) is 18.4. The summed E-state index contributed by atoms with van der Waals surface area (Å²) in [5.74, 6) is -0.638. The topological polar surface area (TPSA) is 105 Å². The van der Waals surface area contributed by atoms with Gasteiger partial charge in [0, 0.05) is 12.2 Å². The number of methoxy groups -OCH3 is 1. The number of hydrogen-bond donors (Lipinski definition) is 3. The van der Waals surface area contributed by atoms with Gasteiger partial charge in [-0.05, 0) is 37.3 Å². The molecule has 2 rings (SSSR count). The highest BCUT2D eigenvalue weighted by Crippen LogP contribution is 2.25. The number of hydrogen-bond acceptors (Lipinski definition) is 6. The maximum atomic E-state index is 12.8. The summed E-state index contributed by atoms with van der Waals surface area (Å²) in [4.78, 5) is 11.6. The van der Waals surface area contributed by atoms with Crippen molar-refractivity contribution < 1.29 is 23.1 Å². The van der Waals surface area contributed by atoms with Crippen LogP contribution in [0, 0.1) is 6.92 Å². The number of carbonyl (C=O) groups is 1. The Balaban J connectivity index is 2.44. The highest BCUT2D eigenvalue weighted by atomic mass is 32.2. The van der Waals surface area contributed by atoms with Crippen LogP contribution in [0.3, 0.4) is 0 Å². The molecule has 25 heavy (non-hydrogen) atoms. The lowest BCUT2D eigenvalue weighted by Crippen LogP contribution is -2.17. The average Bonchev–Trinajstić information content (AvgIpc) is 2.61. The van der Waals surface area contributed by atoms with Gasteiger partial charge in [-0.25, -0.2) is 13.2 Å². The number of nitrogens with one attached hydrogen (secondary N) is 2. The number of aryl methyl sites for hydroxylation is 1. The van der Waals surface area contributed by atoms with Gasteiger partial charge in [0.05, 0.1) is 25.0 Å². The monoisotopic (exact) mass is 364 g/mol. The molecule has 0 bridgehead atoms. The van der Waals surface area contributed by atoms with Gasteiger partial charge in [-0.15, -0.1) is 0 Å². The van der Waals surface area contributed by atoms with Crippen LogP contribution in [0.4, 0.5) is 11.4 Å². The molecule has 0 heterocycles. The molecule has 134 valence electrons. The summed E-state index contributed by atoms with van der Waals surface area (Å²) in [5.41, 5.74) is 1.80. The summed E-state index contributed by atoms with van der Waals surface area (Å²) in [6.45, 7) is 1.91. The molecule has 0 unspecified atom stereocenters.